The van der Waals surface area contributed by atoms with E-state index in [1.54, 1.807) is 0 Å². The zero-order valence-corrected chi connectivity index (χ0v) is 11.1. The Bertz CT molecular complexity index is 270. The lowest BCUT2D eigenvalue weighted by Crippen LogP contribution is -2.47. The van der Waals surface area contributed by atoms with Gasteiger partial charge in [0.25, 0.3) is 0 Å². The van der Waals surface area contributed by atoms with Crippen molar-refractivity contribution in [3.63, 3.8) is 0 Å². The number of hydrogen-bond acceptors (Lipinski definition) is 2. The van der Waals surface area contributed by atoms with E-state index in [4.69, 9.17) is 0 Å². The molecular weight excluding hydrogens is 210 g/mol. The molecule has 17 heavy (non-hydrogen) atoms. The Labute approximate surface area is 105 Å². The lowest BCUT2D eigenvalue weighted by molar-refractivity contribution is -0.00940. The van der Waals surface area contributed by atoms with Gasteiger partial charge in [-0.05, 0) is 56.3 Å². The number of aliphatic hydroxyl groups is 1. The smallest absolute Gasteiger partial charge is 0.0771 e. The summed E-state index contributed by atoms with van der Waals surface area (Å²) in [5.41, 5.74) is -0.395. The summed E-state index contributed by atoms with van der Waals surface area (Å²) in [7, 11) is 0. The molecule has 0 radical (unpaired) electrons. The zero-order chi connectivity index (χ0) is 11.9. The first-order valence-electron chi connectivity index (χ1n) is 7.62. The summed E-state index contributed by atoms with van der Waals surface area (Å²) < 4.78 is 0. The van der Waals surface area contributed by atoms with Gasteiger partial charge in [0.1, 0.15) is 0 Å². The lowest BCUT2D eigenvalue weighted by atomic mass is 9.79. The Morgan fingerprint density at radius 1 is 1.18 bits per heavy atom. The first kappa shape index (κ1) is 12.0. The van der Waals surface area contributed by atoms with E-state index in [-0.39, 0.29) is 0 Å². The third-order valence-corrected chi connectivity index (χ3v) is 5.48. The summed E-state index contributed by atoms with van der Waals surface area (Å²) in [6.45, 7) is 3.15. The van der Waals surface area contributed by atoms with Crippen LogP contribution >= 0.6 is 0 Å². The average Bonchev–Trinajstić information content (AvgIpc) is 3.10. The SMILES string of the molecule is CC1CCC(O)(CNC2CCC[C@H]3C[C@@H]23)CC1. The Morgan fingerprint density at radius 3 is 2.71 bits per heavy atom. The van der Waals surface area contributed by atoms with E-state index in [0.29, 0.717) is 0 Å². The van der Waals surface area contributed by atoms with Crippen LogP contribution in [0.3, 0.4) is 0 Å². The molecule has 3 saturated carbocycles. The van der Waals surface area contributed by atoms with Crippen LogP contribution in [0.2, 0.25) is 0 Å². The van der Waals surface area contributed by atoms with Crippen LogP contribution in [0.15, 0.2) is 0 Å². The Kier molecular flexibility index (Phi) is 3.20. The maximum atomic E-state index is 10.6. The van der Waals surface area contributed by atoms with Crippen molar-refractivity contribution in [1.82, 2.24) is 5.32 Å². The molecule has 0 spiro atoms. The van der Waals surface area contributed by atoms with Crippen molar-refractivity contribution in [3.05, 3.63) is 0 Å². The largest absolute Gasteiger partial charge is 0.389 e. The highest BCUT2D eigenvalue weighted by Gasteiger charge is 2.45. The Balaban J connectivity index is 1.47. The van der Waals surface area contributed by atoms with Crippen molar-refractivity contribution in [1.29, 1.82) is 0 Å². The van der Waals surface area contributed by atoms with Crippen LogP contribution in [0, 0.1) is 17.8 Å². The lowest BCUT2D eigenvalue weighted by Gasteiger charge is -2.37. The number of nitrogens with one attached hydrogen (secondary N) is 1. The minimum atomic E-state index is -0.395. The van der Waals surface area contributed by atoms with Crippen LogP contribution in [-0.4, -0.2) is 23.3 Å². The monoisotopic (exact) mass is 237 g/mol. The van der Waals surface area contributed by atoms with Crippen LogP contribution in [0.1, 0.15) is 58.3 Å². The van der Waals surface area contributed by atoms with E-state index in [0.717, 1.165) is 43.2 Å². The van der Waals surface area contributed by atoms with Crippen LogP contribution < -0.4 is 5.32 Å². The summed E-state index contributed by atoms with van der Waals surface area (Å²) in [5.74, 6) is 2.80. The highest BCUT2D eigenvalue weighted by molar-refractivity contribution is 4.99. The van der Waals surface area contributed by atoms with E-state index >= 15 is 0 Å². The molecule has 2 heteroatoms. The Morgan fingerprint density at radius 2 is 1.94 bits per heavy atom. The molecular formula is C15H27NO. The quantitative estimate of drug-likeness (QED) is 0.791. The molecule has 3 fully saturated rings. The topological polar surface area (TPSA) is 32.3 Å². The first-order chi connectivity index (χ1) is 8.16. The molecule has 0 aromatic rings. The van der Waals surface area contributed by atoms with E-state index in [1.807, 2.05) is 0 Å². The van der Waals surface area contributed by atoms with Gasteiger partial charge >= 0.3 is 0 Å². The normalized spacial score (nSPS) is 49.8. The van der Waals surface area contributed by atoms with E-state index in [1.165, 1.54) is 38.5 Å². The maximum absolute atomic E-state index is 10.6. The minimum absolute atomic E-state index is 0.395. The van der Waals surface area contributed by atoms with Crippen molar-refractivity contribution in [2.24, 2.45) is 17.8 Å². The third kappa shape index (κ3) is 2.68. The molecule has 0 saturated heterocycles. The standard InChI is InChI=1S/C15H27NO/c1-11-5-7-15(17,8-6-11)10-16-14-4-2-3-12-9-13(12)14/h11-14,16-17H,2-10H2,1H3/t11?,12-,13+,14?,15?/m0/s1. The van der Waals surface area contributed by atoms with Crippen LogP contribution in [0.25, 0.3) is 0 Å². The molecule has 2 N–H and O–H groups in total. The predicted octanol–water partition coefficient (Wildman–Crippen LogP) is 2.71. The predicted molar refractivity (Wildman–Crippen MR) is 69.8 cm³/mol. The Hall–Kier alpha value is -0.0800. The minimum Gasteiger partial charge on any atom is -0.389 e. The van der Waals surface area contributed by atoms with Crippen molar-refractivity contribution in [2.45, 2.75) is 69.9 Å². The van der Waals surface area contributed by atoms with Gasteiger partial charge in [-0.2, -0.15) is 0 Å². The van der Waals surface area contributed by atoms with E-state index in [2.05, 4.69) is 12.2 Å². The van der Waals surface area contributed by atoms with Gasteiger partial charge in [0.05, 0.1) is 5.60 Å². The second-order valence-electron chi connectivity index (χ2n) is 6.98. The zero-order valence-electron chi connectivity index (χ0n) is 11.1. The van der Waals surface area contributed by atoms with Gasteiger partial charge in [0, 0.05) is 12.6 Å². The molecule has 3 rings (SSSR count). The van der Waals surface area contributed by atoms with Gasteiger partial charge in [-0.1, -0.05) is 19.8 Å². The maximum Gasteiger partial charge on any atom is 0.0771 e. The van der Waals surface area contributed by atoms with Gasteiger partial charge in [-0.3, -0.25) is 0 Å². The summed E-state index contributed by atoms with van der Waals surface area (Å²) in [6.07, 6.45) is 10.1. The van der Waals surface area contributed by atoms with Crippen molar-refractivity contribution in [3.8, 4) is 0 Å². The molecule has 0 heterocycles. The highest BCUT2D eigenvalue weighted by atomic mass is 16.3. The van der Waals surface area contributed by atoms with Gasteiger partial charge in [0.15, 0.2) is 0 Å². The molecule has 3 aliphatic carbocycles. The first-order valence-corrected chi connectivity index (χ1v) is 7.62. The number of hydrogen-bond donors (Lipinski definition) is 2. The number of rotatable bonds is 3. The summed E-state index contributed by atoms with van der Waals surface area (Å²) in [6, 6.07) is 0.720. The molecule has 0 aliphatic heterocycles. The van der Waals surface area contributed by atoms with Crippen molar-refractivity contribution >= 4 is 0 Å². The summed E-state index contributed by atoms with van der Waals surface area (Å²) in [4.78, 5) is 0. The molecule has 0 aromatic heterocycles. The van der Waals surface area contributed by atoms with Crippen LogP contribution in [-0.2, 0) is 0 Å². The van der Waals surface area contributed by atoms with Gasteiger partial charge < -0.3 is 10.4 Å². The fourth-order valence-corrected chi connectivity index (χ4v) is 3.96. The van der Waals surface area contributed by atoms with Gasteiger partial charge in [-0.25, -0.2) is 0 Å². The number of fused-ring (bicyclic) bond motifs is 1. The van der Waals surface area contributed by atoms with Crippen molar-refractivity contribution in [2.75, 3.05) is 6.54 Å². The van der Waals surface area contributed by atoms with Crippen molar-refractivity contribution < 1.29 is 5.11 Å². The molecule has 3 aliphatic rings. The fraction of sp³-hybridized carbons (Fsp3) is 1.00. The summed E-state index contributed by atoms with van der Waals surface area (Å²) in [5, 5.41) is 14.2. The molecule has 0 aromatic carbocycles. The second kappa shape index (κ2) is 4.55. The van der Waals surface area contributed by atoms with Crippen LogP contribution in [0.4, 0.5) is 0 Å². The summed E-state index contributed by atoms with van der Waals surface area (Å²) >= 11 is 0. The van der Waals surface area contributed by atoms with Gasteiger partial charge in [0.2, 0.25) is 0 Å². The van der Waals surface area contributed by atoms with Crippen LogP contribution in [0.5, 0.6) is 0 Å². The second-order valence-corrected chi connectivity index (χ2v) is 6.98. The molecule has 0 bridgehead atoms. The van der Waals surface area contributed by atoms with E-state index < -0.39 is 5.60 Å². The van der Waals surface area contributed by atoms with E-state index in [9.17, 15) is 5.11 Å². The fourth-order valence-electron chi connectivity index (χ4n) is 3.96. The third-order valence-electron chi connectivity index (χ3n) is 5.48. The van der Waals surface area contributed by atoms with Gasteiger partial charge in [-0.15, -0.1) is 0 Å². The highest BCUT2D eigenvalue weighted by Crippen LogP contribution is 2.49. The molecule has 3 atom stereocenters. The molecule has 98 valence electrons. The molecule has 0 amide bonds. The molecule has 1 unspecified atom stereocenters. The molecule has 2 nitrogen and oxygen atoms in total. The average molecular weight is 237 g/mol.